The second-order valence-electron chi connectivity index (χ2n) is 12.2. The highest BCUT2D eigenvalue weighted by atomic mass is 16.3. The number of para-hydroxylation sites is 4. The summed E-state index contributed by atoms with van der Waals surface area (Å²) in [7, 11) is 0. The summed E-state index contributed by atoms with van der Waals surface area (Å²) in [6.07, 6.45) is 0.877. The summed E-state index contributed by atoms with van der Waals surface area (Å²) in [6.45, 7) is 0. The van der Waals surface area contributed by atoms with E-state index in [9.17, 15) is 0 Å². The molecule has 0 fully saturated rings. The van der Waals surface area contributed by atoms with E-state index in [1.807, 2.05) is 24.3 Å². The molecule has 1 aliphatic heterocycles. The molecule has 2 aromatic heterocycles. The molecule has 0 radical (unpaired) electrons. The van der Waals surface area contributed by atoms with Crippen LogP contribution in [0, 0.1) is 0 Å². The van der Waals surface area contributed by atoms with Crippen LogP contribution in [0.15, 0.2) is 167 Å². The molecule has 0 N–H and O–H groups in total. The van der Waals surface area contributed by atoms with E-state index in [-0.39, 0.29) is 0 Å². The average Bonchev–Trinajstić information content (AvgIpc) is 3.69. The lowest BCUT2D eigenvalue weighted by Gasteiger charge is -2.35. The maximum absolute atomic E-state index is 6.41. The lowest BCUT2D eigenvalue weighted by molar-refractivity contribution is 0.669. The van der Waals surface area contributed by atoms with E-state index < -0.39 is 0 Å². The molecule has 4 heteroatoms. The van der Waals surface area contributed by atoms with Gasteiger partial charge in [-0.05, 0) is 77.9 Å². The molecule has 0 saturated heterocycles. The predicted octanol–water partition coefficient (Wildman–Crippen LogP) is 12.3. The Morgan fingerprint density at radius 3 is 1.98 bits per heavy atom. The van der Waals surface area contributed by atoms with E-state index in [1.54, 1.807) is 0 Å². The highest BCUT2D eigenvalue weighted by molar-refractivity contribution is 6.14. The molecule has 0 atom stereocenters. The van der Waals surface area contributed by atoms with Gasteiger partial charge in [0.2, 0.25) is 0 Å². The number of hydrogen-bond donors (Lipinski definition) is 0. The summed E-state index contributed by atoms with van der Waals surface area (Å²) in [4.78, 5) is 4.74. The van der Waals surface area contributed by atoms with E-state index in [0.29, 0.717) is 0 Å². The Kier molecular flexibility index (Phi) is 5.60. The first-order valence-corrected chi connectivity index (χ1v) is 16.0. The van der Waals surface area contributed by atoms with Gasteiger partial charge in [-0.25, -0.2) is 0 Å². The Balaban J connectivity index is 1.24. The number of anilines is 6. The van der Waals surface area contributed by atoms with Crippen molar-refractivity contribution in [2.24, 2.45) is 0 Å². The maximum Gasteiger partial charge on any atom is 0.137 e. The third-order valence-electron chi connectivity index (χ3n) is 9.44. The van der Waals surface area contributed by atoms with Gasteiger partial charge in [-0.3, -0.25) is 0 Å². The van der Waals surface area contributed by atoms with Crippen LogP contribution in [0.5, 0.6) is 0 Å². The lowest BCUT2D eigenvalue weighted by atomic mass is 9.94. The van der Waals surface area contributed by atoms with Crippen molar-refractivity contribution in [2.75, 3.05) is 9.80 Å². The lowest BCUT2D eigenvalue weighted by Crippen LogP contribution is -2.19. The molecular formula is C43H28N2O2. The second kappa shape index (κ2) is 10.1. The Labute approximate surface area is 271 Å². The monoisotopic (exact) mass is 604 g/mol. The first kappa shape index (κ1) is 26.0. The zero-order chi connectivity index (χ0) is 30.9. The van der Waals surface area contributed by atoms with Gasteiger partial charge < -0.3 is 18.6 Å². The number of benzene rings is 7. The summed E-state index contributed by atoms with van der Waals surface area (Å²) in [5.74, 6) is 0. The Morgan fingerprint density at radius 2 is 1.09 bits per heavy atom. The minimum atomic E-state index is 0.857. The van der Waals surface area contributed by atoms with Crippen LogP contribution in [0.3, 0.4) is 0 Å². The van der Waals surface area contributed by atoms with Crippen molar-refractivity contribution in [3.63, 3.8) is 0 Å². The Bertz CT molecular complexity index is 2630. The molecule has 0 bridgehead atoms. The Hall–Kier alpha value is -6.26. The van der Waals surface area contributed by atoms with Gasteiger partial charge in [-0.15, -0.1) is 0 Å². The largest absolute Gasteiger partial charge is 0.456 e. The molecule has 47 heavy (non-hydrogen) atoms. The molecule has 7 aromatic carbocycles. The highest BCUT2D eigenvalue weighted by Gasteiger charge is 2.27. The van der Waals surface area contributed by atoms with Crippen LogP contribution in [0.2, 0.25) is 0 Å². The molecule has 0 unspecified atom stereocenters. The minimum absolute atomic E-state index is 0.857. The van der Waals surface area contributed by atoms with Gasteiger partial charge in [0, 0.05) is 51.4 Å². The standard InChI is InChI=1S/C43H28N2O2/c1-2-12-30(13-3-1)45-36-16-7-4-11-28(36)25-29-21-22-31(26-38(29)45)44(32-23-24-34-33-14-5-8-18-39(33)47-42(34)27-32)37-17-10-20-41-43(37)35-15-6-9-19-40(35)46-41/h1-24,26-27H,25H2. The zero-order valence-electron chi connectivity index (χ0n) is 25.4. The van der Waals surface area contributed by atoms with E-state index in [2.05, 4.69) is 143 Å². The third kappa shape index (κ3) is 4.01. The molecule has 3 heterocycles. The van der Waals surface area contributed by atoms with Crippen LogP contribution >= 0.6 is 0 Å². The van der Waals surface area contributed by atoms with E-state index in [1.165, 1.54) is 22.5 Å². The number of furan rings is 2. The molecule has 0 aliphatic carbocycles. The normalized spacial score (nSPS) is 12.6. The van der Waals surface area contributed by atoms with Gasteiger partial charge in [-0.2, -0.15) is 0 Å². The second-order valence-corrected chi connectivity index (χ2v) is 12.2. The molecule has 222 valence electrons. The number of hydrogen-bond acceptors (Lipinski definition) is 4. The average molecular weight is 605 g/mol. The third-order valence-corrected chi connectivity index (χ3v) is 9.44. The summed E-state index contributed by atoms with van der Waals surface area (Å²) in [5.41, 5.74) is 12.7. The van der Waals surface area contributed by atoms with Gasteiger partial charge in [-0.1, -0.05) is 84.9 Å². The Morgan fingerprint density at radius 1 is 0.447 bits per heavy atom. The van der Waals surface area contributed by atoms with Gasteiger partial charge in [0.1, 0.15) is 22.3 Å². The van der Waals surface area contributed by atoms with Crippen molar-refractivity contribution in [1.29, 1.82) is 0 Å². The summed E-state index contributed by atoms with van der Waals surface area (Å²) >= 11 is 0. The van der Waals surface area contributed by atoms with Crippen molar-refractivity contribution in [3.05, 3.63) is 169 Å². The van der Waals surface area contributed by atoms with Crippen molar-refractivity contribution < 1.29 is 8.83 Å². The molecule has 4 nitrogen and oxygen atoms in total. The quantitative estimate of drug-likeness (QED) is 0.200. The summed E-state index contributed by atoms with van der Waals surface area (Å²) in [6, 6.07) is 55.7. The van der Waals surface area contributed by atoms with Crippen LogP contribution in [0.25, 0.3) is 43.9 Å². The van der Waals surface area contributed by atoms with Crippen molar-refractivity contribution in [2.45, 2.75) is 6.42 Å². The fourth-order valence-corrected chi connectivity index (χ4v) is 7.34. The molecule has 0 amide bonds. The van der Waals surface area contributed by atoms with Gasteiger partial charge >= 0.3 is 0 Å². The number of fused-ring (bicyclic) bond motifs is 8. The number of nitrogens with zero attached hydrogens (tertiary/aromatic N) is 2. The summed E-state index contributed by atoms with van der Waals surface area (Å²) in [5, 5.41) is 4.39. The summed E-state index contributed by atoms with van der Waals surface area (Å²) < 4.78 is 12.8. The van der Waals surface area contributed by atoms with E-state index >= 15 is 0 Å². The van der Waals surface area contributed by atoms with E-state index in [4.69, 9.17) is 8.83 Å². The smallest absolute Gasteiger partial charge is 0.137 e. The van der Waals surface area contributed by atoms with Crippen LogP contribution in [-0.4, -0.2) is 0 Å². The maximum atomic E-state index is 6.41. The fraction of sp³-hybridized carbons (Fsp3) is 0.0233. The minimum Gasteiger partial charge on any atom is -0.456 e. The van der Waals surface area contributed by atoms with Gasteiger partial charge in [0.25, 0.3) is 0 Å². The topological polar surface area (TPSA) is 32.8 Å². The number of rotatable bonds is 4. The van der Waals surface area contributed by atoms with Gasteiger partial charge in [0.15, 0.2) is 0 Å². The first-order valence-electron chi connectivity index (χ1n) is 16.0. The van der Waals surface area contributed by atoms with Gasteiger partial charge in [0.05, 0.1) is 16.8 Å². The van der Waals surface area contributed by atoms with Crippen LogP contribution in [-0.2, 0) is 6.42 Å². The van der Waals surface area contributed by atoms with Crippen molar-refractivity contribution in [3.8, 4) is 0 Å². The van der Waals surface area contributed by atoms with Crippen molar-refractivity contribution in [1.82, 2.24) is 0 Å². The predicted molar refractivity (Wildman–Crippen MR) is 193 cm³/mol. The van der Waals surface area contributed by atoms with E-state index in [0.717, 1.165) is 73.0 Å². The first-order chi connectivity index (χ1) is 23.3. The fourth-order valence-electron chi connectivity index (χ4n) is 7.34. The van der Waals surface area contributed by atoms with Crippen LogP contribution in [0.1, 0.15) is 11.1 Å². The molecule has 0 spiro atoms. The zero-order valence-corrected chi connectivity index (χ0v) is 25.4. The van der Waals surface area contributed by atoms with Crippen LogP contribution in [0.4, 0.5) is 34.1 Å². The SMILES string of the molecule is c1ccc(N2c3ccccc3Cc3ccc(N(c4ccc5c(c4)oc4ccccc45)c4cccc5oc6ccccc6c45)cc32)cc1. The molecule has 9 aromatic rings. The van der Waals surface area contributed by atoms with Crippen LogP contribution < -0.4 is 9.80 Å². The van der Waals surface area contributed by atoms with Crippen molar-refractivity contribution >= 4 is 78.0 Å². The highest BCUT2D eigenvalue weighted by Crippen LogP contribution is 2.49. The molecule has 10 rings (SSSR count). The molecule has 1 aliphatic rings. The molecule has 0 saturated carbocycles. The molecular weight excluding hydrogens is 576 g/mol.